The molecule has 1 spiro atoms. The first kappa shape index (κ1) is 38.0. The van der Waals surface area contributed by atoms with Crippen molar-refractivity contribution >= 4 is 45.3 Å². The smallest absolute Gasteiger partial charge is 0.306 e. The summed E-state index contributed by atoms with van der Waals surface area (Å²) in [5.74, 6) is -3.25. The number of carbonyl (C=O) groups is 4. The zero-order valence-corrected chi connectivity index (χ0v) is 31.1. The first-order chi connectivity index (χ1) is 25.7. The molecule has 2 bridgehead atoms. The van der Waals surface area contributed by atoms with E-state index >= 15 is 9.59 Å². The van der Waals surface area contributed by atoms with Gasteiger partial charge in [-0.2, -0.15) is 0 Å². The predicted molar refractivity (Wildman–Crippen MR) is 202 cm³/mol. The van der Waals surface area contributed by atoms with E-state index in [1.54, 1.807) is 67.8 Å². The van der Waals surface area contributed by atoms with E-state index in [4.69, 9.17) is 14.2 Å². The number of nitrogens with one attached hydrogen (secondary N) is 1. The minimum atomic E-state index is -1.41. The molecular formula is C41H44BrN3O8. The second-order valence-electron chi connectivity index (χ2n) is 13.4. The van der Waals surface area contributed by atoms with Crippen LogP contribution in [0.1, 0.15) is 42.5 Å². The van der Waals surface area contributed by atoms with Gasteiger partial charge in [-0.05, 0) is 48.2 Å². The summed E-state index contributed by atoms with van der Waals surface area (Å²) >= 11 is 3.75. The highest BCUT2D eigenvalue weighted by atomic mass is 79.9. The summed E-state index contributed by atoms with van der Waals surface area (Å²) in [4.78, 5) is 59.8. The van der Waals surface area contributed by atoms with Crippen LogP contribution in [-0.4, -0.2) is 83.1 Å². The number of alkyl halides is 1. The number of rotatable bonds is 16. The van der Waals surface area contributed by atoms with Gasteiger partial charge in [-0.1, -0.05) is 88.7 Å². The van der Waals surface area contributed by atoms with Crippen molar-refractivity contribution in [1.29, 1.82) is 0 Å². The van der Waals surface area contributed by atoms with Crippen LogP contribution < -0.4 is 15.0 Å². The fraction of sp³-hybridized carbons (Fsp3) is 0.366. The Morgan fingerprint density at radius 3 is 2.30 bits per heavy atom. The number of aliphatic hydroxyl groups is 1. The standard InChI is InChI=1S/C41H44BrN3O8/c1-4-6-17-33(47)52-25-31(26-13-9-7-10-14-26)43-38(48)34-35-39(49)45(32(24-46)27-15-11-8-12-16-27)37(41(35)23-30(42)36(34)53-41)40(50)44(22-5-2)28-18-20-29(51-3)21-19-28/h4-5,7-16,18-21,30-32,34-37,46H,1-2,6,17,22-25H2,3H3,(H,43,48)/t30?,31-,32-,34-,35+,36-,37-,41+/m1/s1. The summed E-state index contributed by atoms with van der Waals surface area (Å²) in [5, 5.41) is 14.0. The zero-order valence-electron chi connectivity index (χ0n) is 29.5. The number of amides is 3. The lowest BCUT2D eigenvalue weighted by Gasteiger charge is -2.39. The molecule has 3 heterocycles. The van der Waals surface area contributed by atoms with Gasteiger partial charge in [0, 0.05) is 23.5 Å². The molecule has 2 N–H and O–H groups in total. The second-order valence-corrected chi connectivity index (χ2v) is 14.6. The Bertz CT molecular complexity index is 1810. The average molecular weight is 787 g/mol. The number of aliphatic hydroxyl groups excluding tert-OH is 1. The number of carbonyl (C=O) groups excluding carboxylic acids is 4. The zero-order chi connectivity index (χ0) is 37.7. The third-order valence-electron chi connectivity index (χ3n) is 10.4. The number of allylic oxidation sites excluding steroid dienone is 1. The maximum Gasteiger partial charge on any atom is 0.306 e. The van der Waals surface area contributed by atoms with Crippen molar-refractivity contribution in [3.63, 3.8) is 0 Å². The number of hydrogen-bond acceptors (Lipinski definition) is 8. The van der Waals surface area contributed by atoms with E-state index in [1.807, 2.05) is 36.4 Å². The van der Waals surface area contributed by atoms with Gasteiger partial charge in [0.2, 0.25) is 11.8 Å². The minimum Gasteiger partial charge on any atom is -0.497 e. The lowest BCUT2D eigenvalue weighted by Crippen LogP contribution is -2.57. The Kier molecular flexibility index (Phi) is 11.8. The van der Waals surface area contributed by atoms with E-state index in [0.29, 0.717) is 29.0 Å². The monoisotopic (exact) mass is 785 g/mol. The number of halogens is 1. The van der Waals surface area contributed by atoms with E-state index in [2.05, 4.69) is 34.4 Å². The lowest BCUT2D eigenvalue weighted by molar-refractivity contribution is -0.146. The number of likely N-dealkylation sites (tertiary alicyclic amines) is 1. The molecule has 53 heavy (non-hydrogen) atoms. The number of hydrogen-bond donors (Lipinski definition) is 2. The van der Waals surface area contributed by atoms with Crippen LogP contribution in [0.3, 0.4) is 0 Å². The molecule has 3 amide bonds. The molecule has 3 saturated heterocycles. The summed E-state index contributed by atoms with van der Waals surface area (Å²) in [7, 11) is 1.55. The molecule has 12 heteroatoms. The number of methoxy groups -OCH3 is 1. The number of benzene rings is 3. The molecule has 3 aromatic carbocycles. The highest BCUT2D eigenvalue weighted by Gasteiger charge is 2.77. The highest BCUT2D eigenvalue weighted by molar-refractivity contribution is 9.09. The molecule has 0 radical (unpaired) electrons. The van der Waals surface area contributed by atoms with Crippen LogP contribution in [-0.2, 0) is 28.7 Å². The van der Waals surface area contributed by atoms with Gasteiger partial charge in [-0.15, -0.1) is 13.2 Å². The van der Waals surface area contributed by atoms with Crippen LogP contribution in [0, 0.1) is 11.8 Å². The predicted octanol–water partition coefficient (Wildman–Crippen LogP) is 5.06. The topological polar surface area (TPSA) is 135 Å². The van der Waals surface area contributed by atoms with Crippen molar-refractivity contribution < 1.29 is 38.5 Å². The van der Waals surface area contributed by atoms with Gasteiger partial charge < -0.3 is 34.4 Å². The second kappa shape index (κ2) is 16.5. The van der Waals surface area contributed by atoms with Gasteiger partial charge in [0.1, 0.15) is 24.0 Å². The number of nitrogens with zero attached hydrogens (tertiary/aromatic N) is 2. The van der Waals surface area contributed by atoms with Crippen LogP contribution in [0.5, 0.6) is 5.75 Å². The van der Waals surface area contributed by atoms with Gasteiger partial charge in [0.05, 0.1) is 43.7 Å². The van der Waals surface area contributed by atoms with Gasteiger partial charge >= 0.3 is 5.97 Å². The van der Waals surface area contributed by atoms with Crippen LogP contribution in [0.15, 0.2) is 110 Å². The first-order valence-electron chi connectivity index (χ1n) is 17.7. The molecule has 11 nitrogen and oxygen atoms in total. The molecule has 0 aromatic heterocycles. The summed E-state index contributed by atoms with van der Waals surface area (Å²) < 4.78 is 17.7. The summed E-state index contributed by atoms with van der Waals surface area (Å²) in [6, 6.07) is 22.3. The number of esters is 1. The Balaban J connectivity index is 1.39. The molecule has 278 valence electrons. The Labute approximate surface area is 317 Å². The summed E-state index contributed by atoms with van der Waals surface area (Å²) in [6.07, 6.45) is 3.37. The molecule has 8 atom stereocenters. The largest absolute Gasteiger partial charge is 0.497 e. The fourth-order valence-corrected chi connectivity index (χ4v) is 8.96. The van der Waals surface area contributed by atoms with E-state index in [0.717, 1.165) is 0 Å². The van der Waals surface area contributed by atoms with Crippen molar-refractivity contribution in [2.75, 3.05) is 31.8 Å². The van der Waals surface area contributed by atoms with Crippen molar-refractivity contribution in [3.05, 3.63) is 121 Å². The van der Waals surface area contributed by atoms with Gasteiger partial charge in [-0.3, -0.25) is 19.2 Å². The molecular weight excluding hydrogens is 742 g/mol. The van der Waals surface area contributed by atoms with E-state index in [1.165, 1.54) is 9.80 Å². The molecule has 3 aromatic rings. The van der Waals surface area contributed by atoms with Gasteiger partial charge in [-0.25, -0.2) is 0 Å². The van der Waals surface area contributed by atoms with Crippen molar-refractivity contribution in [1.82, 2.24) is 10.2 Å². The average Bonchev–Trinajstić information content (AvgIpc) is 3.78. The van der Waals surface area contributed by atoms with E-state index in [9.17, 15) is 14.7 Å². The highest BCUT2D eigenvalue weighted by Crippen LogP contribution is 2.61. The molecule has 1 unspecified atom stereocenters. The van der Waals surface area contributed by atoms with E-state index in [-0.39, 0.29) is 30.8 Å². The quantitative estimate of drug-likeness (QED) is 0.117. The molecule has 3 fully saturated rings. The van der Waals surface area contributed by atoms with E-state index < -0.39 is 72.0 Å². The van der Waals surface area contributed by atoms with Gasteiger partial charge in [0.25, 0.3) is 5.91 Å². The lowest BCUT2D eigenvalue weighted by atomic mass is 9.70. The van der Waals surface area contributed by atoms with Crippen molar-refractivity contribution in [2.45, 2.75) is 53.9 Å². The van der Waals surface area contributed by atoms with Crippen LogP contribution in [0.2, 0.25) is 0 Å². The Hall–Kier alpha value is -4.78. The number of anilines is 1. The first-order valence-corrected chi connectivity index (χ1v) is 18.6. The van der Waals surface area contributed by atoms with Crippen LogP contribution >= 0.6 is 15.9 Å². The van der Waals surface area contributed by atoms with Crippen LogP contribution in [0.25, 0.3) is 0 Å². The number of ether oxygens (including phenoxy) is 3. The normalized spacial score (nSPS) is 25.2. The molecule has 0 saturated carbocycles. The van der Waals surface area contributed by atoms with Crippen LogP contribution in [0.4, 0.5) is 5.69 Å². The summed E-state index contributed by atoms with van der Waals surface area (Å²) in [6.45, 7) is 7.06. The SMILES string of the molecule is C=CCCC(=O)OC[C@@H](NC(=O)[C@H]1[C@@H]2O[C@@]3(CC2Br)[C@@H]1C(=O)N([C@H](CO)c1ccccc1)[C@@H]3C(=O)N(CC=C)c1ccc(OC)cc1)c1ccccc1. The minimum absolute atomic E-state index is 0.120. The maximum absolute atomic E-state index is 15.1. The van der Waals surface area contributed by atoms with Crippen molar-refractivity contribution in [2.24, 2.45) is 11.8 Å². The Morgan fingerprint density at radius 1 is 1.04 bits per heavy atom. The number of fused-ring (bicyclic) bond motifs is 1. The maximum atomic E-state index is 15.1. The molecule has 3 aliphatic heterocycles. The van der Waals surface area contributed by atoms with Gasteiger partial charge in [0.15, 0.2) is 0 Å². The molecule has 6 rings (SSSR count). The fourth-order valence-electron chi connectivity index (χ4n) is 8.02. The van der Waals surface area contributed by atoms with Crippen molar-refractivity contribution in [3.8, 4) is 5.75 Å². The Morgan fingerprint density at radius 2 is 1.70 bits per heavy atom. The molecule has 3 aliphatic rings. The summed E-state index contributed by atoms with van der Waals surface area (Å²) in [5.41, 5.74) is 0.477. The third-order valence-corrected chi connectivity index (χ3v) is 11.2. The molecule has 0 aliphatic carbocycles. The third kappa shape index (κ3) is 7.27.